The van der Waals surface area contributed by atoms with E-state index >= 15 is 0 Å². The number of halogens is 4. The normalized spacial score (nSPS) is 17.8. The molecule has 1 aromatic rings. The fourth-order valence-corrected chi connectivity index (χ4v) is 1.29. The van der Waals surface area contributed by atoms with E-state index < -0.39 is 7.25 Å². The van der Waals surface area contributed by atoms with Crippen LogP contribution < -0.4 is 4.90 Å². The standard InChI is InChI=1S/C10H10N2.BF4/c1-9-3-2-4-10(7-9)12-6-5-11-8-12;2-1(3,4)5/h2-8H,1H3;/q;-1/p+1. The van der Waals surface area contributed by atoms with E-state index in [4.69, 9.17) is 0 Å². The van der Waals surface area contributed by atoms with Gasteiger partial charge >= 0.3 is 7.25 Å². The molecule has 0 radical (unpaired) electrons. The third-order valence-corrected chi connectivity index (χ3v) is 1.91. The molecule has 0 aliphatic carbocycles. The summed E-state index contributed by atoms with van der Waals surface area (Å²) in [5, 5.41) is 0. The van der Waals surface area contributed by atoms with Gasteiger partial charge in [0.25, 0.3) is 0 Å². The van der Waals surface area contributed by atoms with Gasteiger partial charge in [0.05, 0.1) is 6.20 Å². The first-order chi connectivity index (χ1) is 7.86. The van der Waals surface area contributed by atoms with Gasteiger partial charge in [0.1, 0.15) is 11.9 Å². The molecule has 17 heavy (non-hydrogen) atoms. The van der Waals surface area contributed by atoms with Crippen LogP contribution in [-0.4, -0.2) is 13.6 Å². The summed E-state index contributed by atoms with van der Waals surface area (Å²) in [6, 6.07) is 8.43. The number of nitrogens with zero attached hydrogens (tertiary/aromatic N) is 1. The van der Waals surface area contributed by atoms with Gasteiger partial charge in [-0.15, -0.1) is 0 Å². The zero-order valence-electron chi connectivity index (χ0n) is 9.08. The zero-order valence-corrected chi connectivity index (χ0v) is 9.08. The van der Waals surface area contributed by atoms with E-state index in [1.54, 1.807) is 0 Å². The molecule has 1 N–H and O–H groups in total. The van der Waals surface area contributed by atoms with Crippen molar-refractivity contribution in [3.63, 3.8) is 0 Å². The summed E-state index contributed by atoms with van der Waals surface area (Å²) in [5.41, 5.74) is 2.53. The monoisotopic (exact) mass is 246 g/mol. The molecular formula is C10H11BF4N2. The van der Waals surface area contributed by atoms with Crippen molar-refractivity contribution in [3.05, 3.63) is 42.2 Å². The summed E-state index contributed by atoms with van der Waals surface area (Å²) in [5.74, 6) is 0. The number of aryl methyl sites for hydroxylation is 1. The van der Waals surface area contributed by atoms with E-state index in [1.165, 1.54) is 16.2 Å². The molecule has 7 heteroatoms. The van der Waals surface area contributed by atoms with Crippen molar-refractivity contribution in [2.45, 2.75) is 6.92 Å². The van der Waals surface area contributed by atoms with Crippen molar-refractivity contribution in [3.8, 4) is 0 Å². The molecular weight excluding hydrogens is 235 g/mol. The van der Waals surface area contributed by atoms with E-state index in [0.29, 0.717) is 0 Å². The topological polar surface area (TPSA) is 16.8 Å². The molecule has 0 aromatic heterocycles. The second-order valence-electron chi connectivity index (χ2n) is 3.41. The Bertz CT molecular complexity index is 411. The minimum atomic E-state index is -6.00. The van der Waals surface area contributed by atoms with Crippen LogP contribution in [-0.2, 0) is 0 Å². The molecule has 2 nitrogen and oxygen atoms in total. The fraction of sp³-hybridized carbons (Fsp3) is 0.100. The fourth-order valence-electron chi connectivity index (χ4n) is 1.29. The van der Waals surface area contributed by atoms with E-state index in [9.17, 15) is 17.3 Å². The van der Waals surface area contributed by atoms with Crippen molar-refractivity contribution in [2.75, 3.05) is 0 Å². The summed E-state index contributed by atoms with van der Waals surface area (Å²) < 4.78 is 39.0. The van der Waals surface area contributed by atoms with Crippen LogP contribution in [0.3, 0.4) is 0 Å². The quantitative estimate of drug-likeness (QED) is 0.578. The lowest BCUT2D eigenvalue weighted by atomic mass is 10.2. The maximum atomic E-state index is 9.75. The van der Waals surface area contributed by atoms with Crippen LogP contribution in [0.2, 0.25) is 0 Å². The molecule has 1 aromatic carbocycles. The molecule has 0 fully saturated rings. The minimum Gasteiger partial charge on any atom is -0.418 e. The summed E-state index contributed by atoms with van der Waals surface area (Å²) in [6.45, 7) is 2.10. The van der Waals surface area contributed by atoms with Gasteiger partial charge in [-0.2, -0.15) is 0 Å². The van der Waals surface area contributed by atoms with Crippen molar-refractivity contribution in [2.24, 2.45) is 4.99 Å². The Labute approximate surface area is 96.4 Å². The highest BCUT2D eigenvalue weighted by Crippen LogP contribution is 2.06. The third kappa shape index (κ3) is 5.86. The van der Waals surface area contributed by atoms with Gasteiger partial charge < -0.3 is 17.3 Å². The lowest BCUT2D eigenvalue weighted by molar-refractivity contribution is -0.654. The van der Waals surface area contributed by atoms with Crippen LogP contribution in [0.15, 0.2) is 41.7 Å². The Morgan fingerprint density at radius 2 is 1.82 bits per heavy atom. The van der Waals surface area contributed by atoms with Crippen LogP contribution in [0.5, 0.6) is 0 Å². The summed E-state index contributed by atoms with van der Waals surface area (Å²) in [4.78, 5) is 5.22. The average Bonchev–Trinajstić information content (AvgIpc) is 2.67. The van der Waals surface area contributed by atoms with Gasteiger partial charge in [0.2, 0.25) is 0 Å². The van der Waals surface area contributed by atoms with Gasteiger partial charge in [-0.05, 0) is 18.6 Å². The maximum absolute atomic E-state index is 9.75. The average molecular weight is 246 g/mol. The molecule has 1 unspecified atom stereocenters. The highest BCUT2D eigenvalue weighted by atomic mass is 19.5. The third-order valence-electron chi connectivity index (χ3n) is 1.91. The summed E-state index contributed by atoms with van der Waals surface area (Å²) in [7, 11) is -6.00. The van der Waals surface area contributed by atoms with Crippen molar-refractivity contribution < 1.29 is 22.2 Å². The van der Waals surface area contributed by atoms with Crippen molar-refractivity contribution in [1.82, 2.24) is 0 Å². The van der Waals surface area contributed by atoms with E-state index in [1.807, 2.05) is 18.7 Å². The number of hydrogen-bond acceptors (Lipinski definition) is 1. The molecule has 1 aliphatic rings. The highest BCUT2D eigenvalue weighted by molar-refractivity contribution is 6.50. The molecule has 0 spiro atoms. The molecule has 0 saturated heterocycles. The summed E-state index contributed by atoms with van der Waals surface area (Å²) in [6.07, 6.45) is 5.72. The zero-order chi connectivity index (χ0) is 12.9. The lowest BCUT2D eigenvalue weighted by Gasteiger charge is -2.04. The van der Waals surface area contributed by atoms with Gasteiger partial charge in [0, 0.05) is 6.07 Å². The minimum absolute atomic E-state index is 1.19. The van der Waals surface area contributed by atoms with Gasteiger partial charge in [0.15, 0.2) is 6.34 Å². The molecule has 1 aliphatic heterocycles. The Hall–Kier alpha value is -1.63. The van der Waals surface area contributed by atoms with E-state index in [0.717, 1.165) is 0 Å². The van der Waals surface area contributed by atoms with Crippen molar-refractivity contribution >= 4 is 19.3 Å². The van der Waals surface area contributed by atoms with Gasteiger partial charge in [-0.3, -0.25) is 0 Å². The molecule has 92 valence electrons. The molecule has 0 amide bonds. The number of quaternary nitrogens is 1. The van der Waals surface area contributed by atoms with Gasteiger partial charge in [-0.25, -0.2) is 9.89 Å². The first-order valence-electron chi connectivity index (χ1n) is 4.87. The SMILES string of the molecule is Cc1cccc([NH+]2C=CN=C2)c1.F[B-](F)(F)F. The van der Waals surface area contributed by atoms with E-state index in [-0.39, 0.29) is 0 Å². The number of nitrogens with one attached hydrogen (secondary N) is 1. The highest BCUT2D eigenvalue weighted by Gasteiger charge is 2.20. The largest absolute Gasteiger partial charge is 0.673 e. The smallest absolute Gasteiger partial charge is 0.418 e. The van der Waals surface area contributed by atoms with E-state index in [2.05, 4.69) is 36.2 Å². The van der Waals surface area contributed by atoms with Crippen LogP contribution in [0.4, 0.5) is 23.0 Å². The number of hydrogen-bond donors (Lipinski definition) is 1. The lowest BCUT2D eigenvalue weighted by Crippen LogP contribution is -3.00. The number of rotatable bonds is 1. The number of aliphatic imine (C=N–C) groups is 1. The second kappa shape index (κ2) is 5.63. The molecule has 0 saturated carbocycles. The Morgan fingerprint density at radius 1 is 1.18 bits per heavy atom. The van der Waals surface area contributed by atoms with Crippen LogP contribution in [0.1, 0.15) is 5.56 Å². The molecule has 1 heterocycles. The predicted octanol–water partition coefficient (Wildman–Crippen LogP) is 2.32. The molecule has 1 atom stereocenters. The predicted molar refractivity (Wildman–Crippen MR) is 59.6 cm³/mol. The Balaban J connectivity index is 0.000000249. The number of benzene rings is 1. The maximum Gasteiger partial charge on any atom is 0.673 e. The first kappa shape index (κ1) is 13.4. The summed E-state index contributed by atoms with van der Waals surface area (Å²) >= 11 is 0. The van der Waals surface area contributed by atoms with Crippen LogP contribution >= 0.6 is 0 Å². The Morgan fingerprint density at radius 3 is 2.29 bits per heavy atom. The first-order valence-corrected chi connectivity index (χ1v) is 4.87. The van der Waals surface area contributed by atoms with Gasteiger partial charge in [-0.1, -0.05) is 12.1 Å². The van der Waals surface area contributed by atoms with Crippen molar-refractivity contribution in [1.29, 1.82) is 0 Å². The Kier molecular flexibility index (Phi) is 4.45. The van der Waals surface area contributed by atoms with Crippen LogP contribution in [0, 0.1) is 6.92 Å². The molecule has 2 rings (SSSR count). The van der Waals surface area contributed by atoms with Crippen LogP contribution in [0.25, 0.3) is 0 Å². The molecule has 0 bridgehead atoms. The second-order valence-corrected chi connectivity index (χ2v) is 3.41.